The van der Waals surface area contributed by atoms with Crippen LogP contribution in [-0.2, 0) is 19.6 Å². The standard InChI is InChI=1S/C13H18N4O/c1-2-5-16-6-7-17(13(16)18)10-11-3-4-15-12(8-11)9-14/h3-4,6-8H,2,5,9-10,14H2,1H3. The highest BCUT2D eigenvalue weighted by molar-refractivity contribution is 5.16. The van der Waals surface area contributed by atoms with Crippen molar-refractivity contribution in [3.05, 3.63) is 52.5 Å². The van der Waals surface area contributed by atoms with Crippen LogP contribution in [-0.4, -0.2) is 14.1 Å². The topological polar surface area (TPSA) is 65.8 Å². The molecule has 0 bridgehead atoms. The zero-order valence-corrected chi connectivity index (χ0v) is 10.5. The molecular formula is C13H18N4O. The molecular weight excluding hydrogens is 228 g/mol. The first-order valence-corrected chi connectivity index (χ1v) is 6.14. The highest BCUT2D eigenvalue weighted by Gasteiger charge is 2.03. The molecule has 96 valence electrons. The average Bonchev–Trinajstić information content (AvgIpc) is 2.72. The summed E-state index contributed by atoms with van der Waals surface area (Å²) in [5.74, 6) is 0. The number of hydrogen-bond donors (Lipinski definition) is 1. The fraction of sp³-hybridized carbons (Fsp3) is 0.385. The zero-order chi connectivity index (χ0) is 13.0. The van der Waals surface area contributed by atoms with Gasteiger partial charge in [-0.05, 0) is 24.1 Å². The molecule has 5 nitrogen and oxygen atoms in total. The van der Waals surface area contributed by atoms with Crippen LogP contribution in [0.15, 0.2) is 35.5 Å². The molecule has 2 heterocycles. The third-order valence-electron chi connectivity index (χ3n) is 2.83. The summed E-state index contributed by atoms with van der Waals surface area (Å²) in [5.41, 5.74) is 7.47. The van der Waals surface area contributed by atoms with Gasteiger partial charge in [0.2, 0.25) is 0 Å². The van der Waals surface area contributed by atoms with Gasteiger partial charge in [0.1, 0.15) is 0 Å². The van der Waals surface area contributed by atoms with Crippen molar-refractivity contribution in [2.75, 3.05) is 0 Å². The largest absolute Gasteiger partial charge is 0.328 e. The van der Waals surface area contributed by atoms with Crippen LogP contribution in [0.25, 0.3) is 0 Å². The SMILES string of the molecule is CCCn1ccn(Cc2ccnc(CN)c2)c1=O. The molecule has 0 amide bonds. The molecule has 18 heavy (non-hydrogen) atoms. The van der Waals surface area contributed by atoms with Crippen LogP contribution in [0, 0.1) is 0 Å². The van der Waals surface area contributed by atoms with Crippen molar-refractivity contribution in [3.63, 3.8) is 0 Å². The van der Waals surface area contributed by atoms with E-state index in [1.807, 2.05) is 24.5 Å². The van der Waals surface area contributed by atoms with Crippen LogP contribution in [0.1, 0.15) is 24.6 Å². The number of rotatable bonds is 5. The summed E-state index contributed by atoms with van der Waals surface area (Å²) in [6.07, 6.45) is 6.33. The quantitative estimate of drug-likeness (QED) is 0.854. The smallest absolute Gasteiger partial charge is 0.325 e. The molecule has 2 aromatic heterocycles. The number of nitrogens with two attached hydrogens (primary N) is 1. The van der Waals surface area contributed by atoms with Crippen molar-refractivity contribution in [1.82, 2.24) is 14.1 Å². The van der Waals surface area contributed by atoms with Gasteiger partial charge in [-0.25, -0.2) is 4.79 Å². The van der Waals surface area contributed by atoms with Gasteiger partial charge >= 0.3 is 5.69 Å². The van der Waals surface area contributed by atoms with Gasteiger partial charge < -0.3 is 5.73 Å². The monoisotopic (exact) mass is 246 g/mol. The highest BCUT2D eigenvalue weighted by atomic mass is 16.1. The minimum atomic E-state index is 0.0305. The summed E-state index contributed by atoms with van der Waals surface area (Å²) in [6, 6.07) is 3.84. The average molecular weight is 246 g/mol. The predicted molar refractivity (Wildman–Crippen MR) is 70.2 cm³/mol. The number of hydrogen-bond acceptors (Lipinski definition) is 3. The van der Waals surface area contributed by atoms with Crippen LogP contribution in [0.3, 0.4) is 0 Å². The van der Waals surface area contributed by atoms with E-state index in [2.05, 4.69) is 11.9 Å². The second-order valence-corrected chi connectivity index (χ2v) is 4.26. The first-order chi connectivity index (χ1) is 8.74. The van der Waals surface area contributed by atoms with Crippen LogP contribution >= 0.6 is 0 Å². The lowest BCUT2D eigenvalue weighted by Crippen LogP contribution is -2.24. The van der Waals surface area contributed by atoms with Gasteiger partial charge in [0.05, 0.1) is 12.2 Å². The Hall–Kier alpha value is -1.88. The maximum atomic E-state index is 12.0. The summed E-state index contributed by atoms with van der Waals surface area (Å²) < 4.78 is 3.43. The fourth-order valence-electron chi connectivity index (χ4n) is 1.92. The summed E-state index contributed by atoms with van der Waals surface area (Å²) >= 11 is 0. The molecule has 0 aliphatic rings. The molecule has 0 aromatic carbocycles. The number of nitrogens with zero attached hydrogens (tertiary/aromatic N) is 3. The van der Waals surface area contributed by atoms with E-state index in [9.17, 15) is 4.79 Å². The molecule has 0 unspecified atom stereocenters. The van der Waals surface area contributed by atoms with E-state index in [0.717, 1.165) is 24.2 Å². The maximum Gasteiger partial charge on any atom is 0.328 e. The van der Waals surface area contributed by atoms with Gasteiger partial charge in [-0.1, -0.05) is 6.92 Å². The Morgan fingerprint density at radius 2 is 2.11 bits per heavy atom. The molecule has 0 saturated carbocycles. The molecule has 2 N–H and O–H groups in total. The van der Waals surface area contributed by atoms with E-state index in [1.54, 1.807) is 15.3 Å². The van der Waals surface area contributed by atoms with Crippen LogP contribution in [0.5, 0.6) is 0 Å². The van der Waals surface area contributed by atoms with Crippen molar-refractivity contribution in [2.24, 2.45) is 5.73 Å². The number of pyridine rings is 1. The molecule has 5 heteroatoms. The van der Waals surface area contributed by atoms with E-state index in [-0.39, 0.29) is 5.69 Å². The van der Waals surface area contributed by atoms with E-state index in [4.69, 9.17) is 5.73 Å². The van der Waals surface area contributed by atoms with Gasteiger partial charge in [-0.2, -0.15) is 0 Å². The number of aromatic nitrogens is 3. The molecule has 0 radical (unpaired) electrons. The fourth-order valence-corrected chi connectivity index (χ4v) is 1.92. The zero-order valence-electron chi connectivity index (χ0n) is 10.5. The van der Waals surface area contributed by atoms with Crippen molar-refractivity contribution in [1.29, 1.82) is 0 Å². The van der Waals surface area contributed by atoms with Gasteiger partial charge in [0.15, 0.2) is 0 Å². The summed E-state index contributed by atoms with van der Waals surface area (Å²) in [7, 11) is 0. The summed E-state index contributed by atoms with van der Waals surface area (Å²) in [5, 5.41) is 0. The van der Waals surface area contributed by atoms with Crippen molar-refractivity contribution in [3.8, 4) is 0 Å². The first-order valence-electron chi connectivity index (χ1n) is 6.14. The molecule has 0 aliphatic carbocycles. The normalized spacial score (nSPS) is 10.8. The Kier molecular flexibility index (Phi) is 3.94. The lowest BCUT2D eigenvalue weighted by molar-refractivity contribution is 0.624. The Morgan fingerprint density at radius 3 is 2.83 bits per heavy atom. The van der Waals surface area contributed by atoms with Crippen LogP contribution in [0.4, 0.5) is 0 Å². The van der Waals surface area contributed by atoms with Gasteiger partial charge in [-0.3, -0.25) is 14.1 Å². The maximum absolute atomic E-state index is 12.0. The van der Waals surface area contributed by atoms with Crippen molar-refractivity contribution < 1.29 is 0 Å². The number of aryl methyl sites for hydroxylation is 1. The van der Waals surface area contributed by atoms with E-state index in [0.29, 0.717) is 13.1 Å². The van der Waals surface area contributed by atoms with Crippen LogP contribution < -0.4 is 11.4 Å². The van der Waals surface area contributed by atoms with E-state index in [1.165, 1.54) is 0 Å². The number of imidazole rings is 1. The molecule has 0 saturated heterocycles. The third kappa shape index (κ3) is 2.68. The molecule has 0 fully saturated rings. The second kappa shape index (κ2) is 5.64. The second-order valence-electron chi connectivity index (χ2n) is 4.26. The van der Waals surface area contributed by atoms with Gasteiger partial charge in [-0.15, -0.1) is 0 Å². The van der Waals surface area contributed by atoms with Gasteiger partial charge in [0.25, 0.3) is 0 Å². The lowest BCUT2D eigenvalue weighted by atomic mass is 10.2. The highest BCUT2D eigenvalue weighted by Crippen LogP contribution is 2.03. The van der Waals surface area contributed by atoms with Crippen molar-refractivity contribution >= 4 is 0 Å². The molecule has 0 atom stereocenters. The molecule has 2 rings (SSSR count). The van der Waals surface area contributed by atoms with Crippen molar-refractivity contribution in [2.45, 2.75) is 33.0 Å². The van der Waals surface area contributed by atoms with Crippen LogP contribution in [0.2, 0.25) is 0 Å². The minimum Gasteiger partial charge on any atom is -0.325 e. The Bertz CT molecular complexity index is 570. The molecule has 2 aromatic rings. The summed E-state index contributed by atoms with van der Waals surface area (Å²) in [4.78, 5) is 16.1. The van der Waals surface area contributed by atoms with E-state index < -0.39 is 0 Å². The Labute approximate surface area is 106 Å². The lowest BCUT2D eigenvalue weighted by Gasteiger charge is -2.04. The first kappa shape index (κ1) is 12.6. The Morgan fingerprint density at radius 1 is 1.33 bits per heavy atom. The molecule has 0 spiro atoms. The predicted octanol–water partition coefficient (Wildman–Crippen LogP) is 0.962. The van der Waals surface area contributed by atoms with E-state index >= 15 is 0 Å². The third-order valence-corrected chi connectivity index (χ3v) is 2.83. The minimum absolute atomic E-state index is 0.0305. The summed E-state index contributed by atoms with van der Waals surface area (Å²) in [6.45, 7) is 3.79. The van der Waals surface area contributed by atoms with Gasteiger partial charge in [0, 0.05) is 31.7 Å². The molecule has 0 aliphatic heterocycles. The Balaban J connectivity index is 2.20.